The van der Waals surface area contributed by atoms with Gasteiger partial charge in [0.2, 0.25) is 0 Å². The van der Waals surface area contributed by atoms with Crippen LogP contribution in [0.15, 0.2) is 18.2 Å². The first kappa shape index (κ1) is 14.4. The van der Waals surface area contributed by atoms with Gasteiger partial charge in [-0.05, 0) is 23.6 Å². The molecule has 0 fully saturated rings. The topological polar surface area (TPSA) is 72.5 Å². The summed E-state index contributed by atoms with van der Waals surface area (Å²) in [5.74, 6) is -2.30. The van der Waals surface area contributed by atoms with Crippen molar-refractivity contribution in [3.05, 3.63) is 29.6 Å². The molecule has 1 aromatic rings. The van der Waals surface area contributed by atoms with Gasteiger partial charge in [-0.15, -0.1) is 0 Å². The molecule has 4 nitrogen and oxygen atoms in total. The van der Waals surface area contributed by atoms with Crippen LogP contribution in [0.1, 0.15) is 25.5 Å². The Morgan fingerprint density at radius 2 is 2.06 bits per heavy atom. The van der Waals surface area contributed by atoms with E-state index in [1.54, 1.807) is 19.9 Å². The monoisotopic (exact) mass is 255 g/mol. The molecule has 0 aliphatic rings. The maximum Gasteiger partial charge on any atom is 0.308 e. The zero-order valence-corrected chi connectivity index (χ0v) is 10.7. The number of aliphatic carboxylic acids is 1. The van der Waals surface area contributed by atoms with Gasteiger partial charge in [0.05, 0.1) is 13.0 Å². The number of nitrogens with two attached hydrogens (primary N) is 1. The highest BCUT2D eigenvalue weighted by Crippen LogP contribution is 2.29. The number of carboxylic acids is 1. The van der Waals surface area contributed by atoms with Gasteiger partial charge in [0.25, 0.3) is 0 Å². The van der Waals surface area contributed by atoms with Crippen molar-refractivity contribution in [2.45, 2.75) is 19.9 Å². The normalized spacial score (nSPS) is 14.3. The molecule has 1 aromatic carbocycles. The molecular formula is C13H18FNO3. The highest BCUT2D eigenvalue weighted by atomic mass is 19.1. The summed E-state index contributed by atoms with van der Waals surface area (Å²) in [6.45, 7) is 3.55. The summed E-state index contributed by atoms with van der Waals surface area (Å²) < 4.78 is 18.4. The number of ether oxygens (including phenoxy) is 1. The number of benzene rings is 1. The van der Waals surface area contributed by atoms with Crippen LogP contribution in [-0.2, 0) is 4.79 Å². The smallest absolute Gasteiger partial charge is 0.308 e. The van der Waals surface area contributed by atoms with Crippen molar-refractivity contribution in [2.24, 2.45) is 17.6 Å². The molecule has 0 spiro atoms. The van der Waals surface area contributed by atoms with Gasteiger partial charge in [-0.2, -0.15) is 0 Å². The van der Waals surface area contributed by atoms with E-state index in [4.69, 9.17) is 15.6 Å². The summed E-state index contributed by atoms with van der Waals surface area (Å²) in [5.41, 5.74) is 6.37. The number of halogens is 1. The van der Waals surface area contributed by atoms with Crippen molar-refractivity contribution in [1.82, 2.24) is 0 Å². The average molecular weight is 255 g/mol. The molecular weight excluding hydrogens is 237 g/mol. The van der Waals surface area contributed by atoms with Crippen LogP contribution < -0.4 is 10.5 Å². The Kier molecular flexibility index (Phi) is 4.67. The number of hydrogen-bond donors (Lipinski definition) is 2. The Bertz CT molecular complexity index is 434. The molecule has 2 unspecified atom stereocenters. The molecule has 0 amide bonds. The van der Waals surface area contributed by atoms with Gasteiger partial charge in [0.15, 0.2) is 11.6 Å². The van der Waals surface area contributed by atoms with Gasteiger partial charge in [-0.3, -0.25) is 4.79 Å². The zero-order valence-electron chi connectivity index (χ0n) is 10.7. The highest BCUT2D eigenvalue weighted by Gasteiger charge is 2.29. The molecule has 2 atom stereocenters. The summed E-state index contributed by atoms with van der Waals surface area (Å²) in [4.78, 5) is 11.2. The fourth-order valence-electron chi connectivity index (χ4n) is 1.95. The molecule has 0 bridgehead atoms. The van der Waals surface area contributed by atoms with Crippen molar-refractivity contribution in [3.8, 4) is 5.75 Å². The fraction of sp³-hybridized carbons (Fsp3) is 0.462. The van der Waals surface area contributed by atoms with Crippen LogP contribution in [0.2, 0.25) is 0 Å². The first-order chi connectivity index (χ1) is 8.38. The maximum atomic E-state index is 13.5. The maximum absolute atomic E-state index is 13.5. The van der Waals surface area contributed by atoms with E-state index >= 15 is 0 Å². The Balaban J connectivity index is 3.05. The largest absolute Gasteiger partial charge is 0.494 e. The third kappa shape index (κ3) is 2.98. The number of carbonyl (C=O) groups is 1. The van der Waals surface area contributed by atoms with Gasteiger partial charge < -0.3 is 15.6 Å². The molecule has 0 aliphatic carbocycles. The van der Waals surface area contributed by atoms with Crippen LogP contribution in [0.25, 0.3) is 0 Å². The second-order valence-electron chi connectivity index (χ2n) is 4.53. The van der Waals surface area contributed by atoms with Gasteiger partial charge in [0, 0.05) is 6.04 Å². The van der Waals surface area contributed by atoms with E-state index in [1.807, 2.05) is 0 Å². The minimum absolute atomic E-state index is 0.113. The average Bonchev–Trinajstić information content (AvgIpc) is 2.27. The molecule has 1 rings (SSSR count). The van der Waals surface area contributed by atoms with Crippen LogP contribution in [0.5, 0.6) is 5.75 Å². The summed E-state index contributed by atoms with van der Waals surface area (Å²) in [6, 6.07) is 3.51. The number of rotatable bonds is 5. The van der Waals surface area contributed by atoms with Crippen molar-refractivity contribution >= 4 is 5.97 Å². The van der Waals surface area contributed by atoms with Crippen LogP contribution in [-0.4, -0.2) is 18.2 Å². The van der Waals surface area contributed by atoms with Crippen LogP contribution in [0.4, 0.5) is 4.39 Å². The molecule has 18 heavy (non-hydrogen) atoms. The van der Waals surface area contributed by atoms with E-state index in [0.717, 1.165) is 0 Å². The lowest BCUT2D eigenvalue weighted by Gasteiger charge is -2.24. The van der Waals surface area contributed by atoms with Crippen molar-refractivity contribution in [1.29, 1.82) is 0 Å². The molecule has 0 heterocycles. The fourth-order valence-corrected chi connectivity index (χ4v) is 1.95. The lowest BCUT2D eigenvalue weighted by atomic mass is 9.85. The second kappa shape index (κ2) is 5.82. The summed E-state index contributed by atoms with van der Waals surface area (Å²) >= 11 is 0. The Morgan fingerprint density at radius 1 is 1.44 bits per heavy atom. The van der Waals surface area contributed by atoms with Crippen LogP contribution in [0, 0.1) is 17.7 Å². The molecule has 100 valence electrons. The standard InChI is InChI=1S/C13H18FNO3/c1-7(2)11(13(16)17)12(15)8-4-5-10(18-3)9(14)6-8/h4-7,11-12H,15H2,1-3H3,(H,16,17). The van der Waals surface area contributed by atoms with Crippen LogP contribution in [0.3, 0.4) is 0 Å². The number of methoxy groups -OCH3 is 1. The molecule has 0 saturated heterocycles. The molecule has 3 N–H and O–H groups in total. The number of carboxylic acid groups (broad SMARTS) is 1. The summed E-state index contributed by atoms with van der Waals surface area (Å²) in [7, 11) is 1.37. The predicted molar refractivity (Wildman–Crippen MR) is 65.8 cm³/mol. The summed E-state index contributed by atoms with van der Waals surface area (Å²) in [5, 5.41) is 9.15. The van der Waals surface area contributed by atoms with Crippen LogP contribution >= 0.6 is 0 Å². The molecule has 0 saturated carbocycles. The molecule has 5 heteroatoms. The third-order valence-electron chi connectivity index (χ3n) is 2.95. The Morgan fingerprint density at radius 3 is 2.44 bits per heavy atom. The van der Waals surface area contributed by atoms with E-state index in [2.05, 4.69) is 0 Å². The van der Waals surface area contributed by atoms with E-state index in [9.17, 15) is 9.18 Å². The molecule has 0 aromatic heterocycles. The van der Waals surface area contributed by atoms with Gasteiger partial charge in [-0.1, -0.05) is 19.9 Å². The third-order valence-corrected chi connectivity index (χ3v) is 2.95. The highest BCUT2D eigenvalue weighted by molar-refractivity contribution is 5.71. The van der Waals surface area contributed by atoms with E-state index in [0.29, 0.717) is 5.56 Å². The minimum Gasteiger partial charge on any atom is -0.494 e. The van der Waals surface area contributed by atoms with Gasteiger partial charge >= 0.3 is 5.97 Å². The van der Waals surface area contributed by atoms with Crippen molar-refractivity contribution < 1.29 is 19.0 Å². The summed E-state index contributed by atoms with van der Waals surface area (Å²) in [6.07, 6.45) is 0. The SMILES string of the molecule is COc1ccc(C(N)C(C(=O)O)C(C)C)cc1F. The van der Waals surface area contributed by atoms with Gasteiger partial charge in [0.1, 0.15) is 0 Å². The Hall–Kier alpha value is -1.62. The first-order valence-electron chi connectivity index (χ1n) is 5.70. The quantitative estimate of drug-likeness (QED) is 0.846. The van der Waals surface area contributed by atoms with E-state index in [-0.39, 0.29) is 11.7 Å². The minimum atomic E-state index is -0.978. The van der Waals surface area contributed by atoms with E-state index < -0.39 is 23.7 Å². The number of hydrogen-bond acceptors (Lipinski definition) is 3. The van der Waals surface area contributed by atoms with E-state index in [1.165, 1.54) is 19.2 Å². The van der Waals surface area contributed by atoms with Crippen molar-refractivity contribution in [2.75, 3.05) is 7.11 Å². The predicted octanol–water partition coefficient (Wildman–Crippen LogP) is 2.19. The Labute approximate surface area is 106 Å². The zero-order chi connectivity index (χ0) is 13.9. The lowest BCUT2D eigenvalue weighted by molar-refractivity contribution is -0.144. The molecule has 0 aliphatic heterocycles. The second-order valence-corrected chi connectivity index (χ2v) is 4.53. The molecule has 0 radical (unpaired) electrons. The lowest BCUT2D eigenvalue weighted by Crippen LogP contribution is -2.32. The van der Waals surface area contributed by atoms with Crippen molar-refractivity contribution in [3.63, 3.8) is 0 Å². The van der Waals surface area contributed by atoms with Gasteiger partial charge in [-0.25, -0.2) is 4.39 Å². The first-order valence-corrected chi connectivity index (χ1v) is 5.70.